The molecule has 0 bridgehead atoms. The number of nitrogens with zero attached hydrogens (tertiary/aromatic N) is 4. The third-order valence-corrected chi connectivity index (χ3v) is 6.43. The number of carbonyl (C=O) groups excluding carboxylic acids is 2. The first-order chi connectivity index (χ1) is 15.0. The molecule has 1 aromatic heterocycles. The van der Waals surface area contributed by atoms with E-state index in [1.165, 1.54) is 22.9 Å². The van der Waals surface area contributed by atoms with Crippen LogP contribution in [0.4, 0.5) is 0 Å². The van der Waals surface area contributed by atoms with Crippen LogP contribution in [0.5, 0.6) is 0 Å². The highest BCUT2D eigenvalue weighted by molar-refractivity contribution is 7.99. The van der Waals surface area contributed by atoms with E-state index in [2.05, 4.69) is 27.6 Å². The molecule has 0 atom stereocenters. The zero-order valence-electron chi connectivity index (χ0n) is 17.7. The summed E-state index contributed by atoms with van der Waals surface area (Å²) in [4.78, 5) is 26.9. The van der Waals surface area contributed by atoms with Crippen molar-refractivity contribution in [1.82, 2.24) is 25.0 Å². The van der Waals surface area contributed by atoms with Crippen molar-refractivity contribution in [2.24, 2.45) is 7.05 Å². The van der Waals surface area contributed by atoms with E-state index in [1.807, 2.05) is 53.8 Å². The molecule has 1 aliphatic rings. The minimum Gasteiger partial charge on any atom is -0.345 e. The summed E-state index contributed by atoms with van der Waals surface area (Å²) < 4.78 is 1.82. The summed E-state index contributed by atoms with van der Waals surface area (Å²) in [7, 11) is 1.85. The summed E-state index contributed by atoms with van der Waals surface area (Å²) in [6.07, 6.45) is 0.890. The Labute approximate surface area is 185 Å². The van der Waals surface area contributed by atoms with Gasteiger partial charge in [-0.15, -0.1) is 10.2 Å². The van der Waals surface area contributed by atoms with Crippen LogP contribution in [0.15, 0.2) is 53.7 Å². The molecule has 0 saturated carbocycles. The van der Waals surface area contributed by atoms with Crippen molar-refractivity contribution in [3.8, 4) is 0 Å². The Balaban J connectivity index is 1.30. The molecule has 8 heteroatoms. The summed E-state index contributed by atoms with van der Waals surface area (Å²) in [5.74, 6) is 0.894. The highest BCUT2D eigenvalue weighted by atomic mass is 32.2. The Morgan fingerprint density at radius 2 is 1.90 bits per heavy atom. The second-order valence-electron chi connectivity index (χ2n) is 7.63. The second-order valence-corrected chi connectivity index (χ2v) is 8.58. The molecule has 7 nitrogen and oxygen atoms in total. The normalized spacial score (nSPS) is 13.0. The SMILES string of the molecule is Cc1cccc(C(=O)NCc2nnc(SCC(=O)N3CCc4ccccc4C3)n2C)c1. The number of fused-ring (bicyclic) bond motifs is 1. The number of carbonyl (C=O) groups is 2. The molecule has 1 N–H and O–H groups in total. The van der Waals surface area contributed by atoms with E-state index in [-0.39, 0.29) is 18.4 Å². The van der Waals surface area contributed by atoms with E-state index in [1.54, 1.807) is 6.07 Å². The van der Waals surface area contributed by atoms with Crippen molar-refractivity contribution in [2.45, 2.75) is 31.6 Å². The van der Waals surface area contributed by atoms with Crippen molar-refractivity contribution in [3.63, 3.8) is 0 Å². The average molecular weight is 436 g/mol. The average Bonchev–Trinajstić information content (AvgIpc) is 3.14. The molecule has 0 spiro atoms. The Bertz CT molecular complexity index is 1110. The molecule has 0 fully saturated rings. The molecule has 0 unspecified atom stereocenters. The lowest BCUT2D eigenvalue weighted by molar-refractivity contribution is -0.129. The largest absolute Gasteiger partial charge is 0.345 e. The van der Waals surface area contributed by atoms with Crippen molar-refractivity contribution < 1.29 is 9.59 Å². The number of thioether (sulfide) groups is 1. The van der Waals surface area contributed by atoms with E-state index in [0.29, 0.717) is 28.8 Å². The Morgan fingerprint density at radius 1 is 1.10 bits per heavy atom. The number of benzene rings is 2. The van der Waals surface area contributed by atoms with Crippen molar-refractivity contribution in [1.29, 1.82) is 0 Å². The van der Waals surface area contributed by atoms with Gasteiger partial charge in [0.15, 0.2) is 11.0 Å². The Morgan fingerprint density at radius 3 is 2.71 bits per heavy atom. The fourth-order valence-electron chi connectivity index (χ4n) is 3.60. The predicted octanol–water partition coefficient (Wildman–Crippen LogP) is 2.73. The predicted molar refractivity (Wildman–Crippen MR) is 120 cm³/mol. The molecule has 31 heavy (non-hydrogen) atoms. The fourth-order valence-corrected chi connectivity index (χ4v) is 4.43. The van der Waals surface area contributed by atoms with Gasteiger partial charge in [0, 0.05) is 25.7 Å². The summed E-state index contributed by atoms with van der Waals surface area (Å²) in [5, 5.41) is 11.9. The van der Waals surface area contributed by atoms with Crippen LogP contribution >= 0.6 is 11.8 Å². The maximum absolute atomic E-state index is 12.7. The van der Waals surface area contributed by atoms with Gasteiger partial charge in [-0.25, -0.2) is 0 Å². The van der Waals surface area contributed by atoms with Crippen LogP contribution in [0, 0.1) is 6.92 Å². The molecule has 0 aliphatic carbocycles. The summed E-state index contributed by atoms with van der Waals surface area (Å²) in [5.41, 5.74) is 4.19. The standard InChI is InChI=1S/C23H25N5O2S/c1-16-6-5-9-18(12-16)22(30)24-13-20-25-26-23(27(20)2)31-15-21(29)28-11-10-17-7-3-4-8-19(17)14-28/h3-9,12H,10-11,13-15H2,1-2H3,(H,24,30). The van der Waals surface area contributed by atoms with Gasteiger partial charge in [-0.05, 0) is 36.6 Å². The third kappa shape index (κ3) is 4.96. The number of hydrogen-bond acceptors (Lipinski definition) is 5. The van der Waals surface area contributed by atoms with Gasteiger partial charge in [0.1, 0.15) is 0 Å². The van der Waals surface area contributed by atoms with Crippen LogP contribution in [0.25, 0.3) is 0 Å². The zero-order chi connectivity index (χ0) is 21.8. The van der Waals surface area contributed by atoms with Gasteiger partial charge in [0.2, 0.25) is 5.91 Å². The minimum absolute atomic E-state index is 0.0943. The lowest BCUT2D eigenvalue weighted by Crippen LogP contribution is -2.37. The Hall–Kier alpha value is -3.13. The van der Waals surface area contributed by atoms with Crippen LogP contribution in [0.3, 0.4) is 0 Å². The molecule has 0 saturated heterocycles. The number of rotatable bonds is 6. The van der Waals surface area contributed by atoms with Crippen molar-refractivity contribution >= 4 is 23.6 Å². The maximum atomic E-state index is 12.7. The minimum atomic E-state index is -0.151. The molecule has 160 valence electrons. The van der Waals surface area contributed by atoms with E-state index >= 15 is 0 Å². The lowest BCUT2D eigenvalue weighted by Gasteiger charge is -2.28. The lowest BCUT2D eigenvalue weighted by atomic mass is 10.00. The molecule has 4 rings (SSSR count). The summed E-state index contributed by atoms with van der Waals surface area (Å²) in [6.45, 7) is 3.62. The monoisotopic (exact) mass is 435 g/mol. The zero-order valence-corrected chi connectivity index (χ0v) is 18.5. The van der Waals surface area contributed by atoms with E-state index < -0.39 is 0 Å². The summed E-state index contributed by atoms with van der Waals surface area (Å²) in [6, 6.07) is 15.7. The number of amides is 2. The van der Waals surface area contributed by atoms with Gasteiger partial charge in [0.25, 0.3) is 5.91 Å². The number of aryl methyl sites for hydroxylation is 1. The first kappa shape index (κ1) is 21.1. The van der Waals surface area contributed by atoms with Crippen LogP contribution in [0.2, 0.25) is 0 Å². The van der Waals surface area contributed by atoms with Crippen LogP contribution in [0.1, 0.15) is 32.9 Å². The van der Waals surface area contributed by atoms with E-state index in [0.717, 1.165) is 18.5 Å². The molecule has 2 aromatic carbocycles. The number of nitrogens with one attached hydrogen (secondary N) is 1. The van der Waals surface area contributed by atoms with Gasteiger partial charge >= 0.3 is 0 Å². The molecule has 3 aromatic rings. The molecule has 2 heterocycles. The van der Waals surface area contributed by atoms with Crippen LogP contribution in [-0.4, -0.2) is 43.8 Å². The number of aromatic nitrogens is 3. The molecular formula is C23H25N5O2S. The molecule has 2 amide bonds. The van der Waals surface area contributed by atoms with Crippen LogP contribution in [-0.2, 0) is 31.4 Å². The number of hydrogen-bond donors (Lipinski definition) is 1. The first-order valence-electron chi connectivity index (χ1n) is 10.2. The first-order valence-corrected chi connectivity index (χ1v) is 11.2. The Kier molecular flexibility index (Phi) is 6.36. The van der Waals surface area contributed by atoms with Gasteiger partial charge in [0.05, 0.1) is 12.3 Å². The fraction of sp³-hybridized carbons (Fsp3) is 0.304. The van der Waals surface area contributed by atoms with Crippen molar-refractivity contribution in [3.05, 3.63) is 76.6 Å². The molecule has 0 radical (unpaired) electrons. The van der Waals surface area contributed by atoms with E-state index in [4.69, 9.17) is 0 Å². The van der Waals surface area contributed by atoms with Crippen LogP contribution < -0.4 is 5.32 Å². The molecular weight excluding hydrogens is 410 g/mol. The van der Waals surface area contributed by atoms with Gasteiger partial charge in [-0.2, -0.15) is 0 Å². The van der Waals surface area contributed by atoms with E-state index in [9.17, 15) is 9.59 Å². The highest BCUT2D eigenvalue weighted by Crippen LogP contribution is 2.21. The van der Waals surface area contributed by atoms with Gasteiger partial charge < -0.3 is 14.8 Å². The molecule has 1 aliphatic heterocycles. The van der Waals surface area contributed by atoms with Gasteiger partial charge in [-0.3, -0.25) is 9.59 Å². The maximum Gasteiger partial charge on any atom is 0.251 e. The third-order valence-electron chi connectivity index (χ3n) is 5.42. The smallest absolute Gasteiger partial charge is 0.251 e. The highest BCUT2D eigenvalue weighted by Gasteiger charge is 2.21. The van der Waals surface area contributed by atoms with Crippen molar-refractivity contribution in [2.75, 3.05) is 12.3 Å². The second kappa shape index (κ2) is 9.34. The topological polar surface area (TPSA) is 80.1 Å². The quantitative estimate of drug-likeness (QED) is 0.602. The summed E-state index contributed by atoms with van der Waals surface area (Å²) >= 11 is 1.37. The van der Waals surface area contributed by atoms with Gasteiger partial charge in [-0.1, -0.05) is 53.7 Å².